The number of hydrogen-bond acceptors (Lipinski definition) is 3. The number of hydrogen-bond donors (Lipinski definition) is 0. The number of nitrogens with zero attached hydrogens (tertiary/aromatic N) is 3. The lowest BCUT2D eigenvalue weighted by Crippen LogP contribution is -2.44. The largest absolute Gasteiger partial charge is 0.305 e. The molecule has 3 heteroatoms. The summed E-state index contributed by atoms with van der Waals surface area (Å²) in [6, 6.07) is 25.4. The van der Waals surface area contributed by atoms with E-state index in [1.54, 1.807) is 0 Å². The van der Waals surface area contributed by atoms with E-state index in [-0.39, 0.29) is 0 Å². The van der Waals surface area contributed by atoms with Crippen LogP contribution in [0.2, 0.25) is 0 Å². The van der Waals surface area contributed by atoms with Crippen LogP contribution in [0.4, 0.5) is 5.69 Å². The minimum absolute atomic E-state index is 0.746. The molecule has 1 fully saturated rings. The van der Waals surface area contributed by atoms with E-state index in [9.17, 15) is 5.26 Å². The molecule has 0 N–H and O–H groups in total. The van der Waals surface area contributed by atoms with E-state index >= 15 is 0 Å². The number of nitriles is 1. The Labute approximate surface area is 161 Å². The van der Waals surface area contributed by atoms with Crippen LogP contribution >= 0.6 is 0 Å². The summed E-state index contributed by atoms with van der Waals surface area (Å²) in [5, 5.41) is 16.6. The fraction of sp³-hybridized carbons (Fsp3) is 0.292. The van der Waals surface area contributed by atoms with Gasteiger partial charge in [-0.1, -0.05) is 67.4 Å². The minimum atomic E-state index is 0.746. The van der Waals surface area contributed by atoms with Crippen LogP contribution in [0.15, 0.2) is 66.7 Å². The number of fused-ring (bicyclic) bond motifs is 1. The van der Waals surface area contributed by atoms with Crippen LogP contribution < -0.4 is 5.01 Å². The van der Waals surface area contributed by atoms with Crippen molar-refractivity contribution in [3.63, 3.8) is 0 Å². The van der Waals surface area contributed by atoms with Crippen molar-refractivity contribution in [2.45, 2.75) is 32.2 Å². The van der Waals surface area contributed by atoms with Gasteiger partial charge in [-0.15, -0.1) is 0 Å². The Kier molecular flexibility index (Phi) is 5.37. The van der Waals surface area contributed by atoms with Gasteiger partial charge in [0, 0.05) is 30.4 Å². The highest BCUT2D eigenvalue weighted by atomic mass is 15.6. The van der Waals surface area contributed by atoms with Crippen molar-refractivity contribution in [3.05, 3.63) is 77.9 Å². The molecule has 3 aromatic carbocycles. The summed E-state index contributed by atoms with van der Waals surface area (Å²) < 4.78 is 0. The molecule has 0 bridgehead atoms. The van der Waals surface area contributed by atoms with Crippen LogP contribution in [0, 0.1) is 11.3 Å². The smallest absolute Gasteiger partial charge is 0.0998 e. The summed E-state index contributed by atoms with van der Waals surface area (Å²) in [6.07, 6.45) is 4.99. The zero-order valence-electron chi connectivity index (χ0n) is 15.6. The molecule has 0 aromatic heterocycles. The van der Waals surface area contributed by atoms with Gasteiger partial charge in [0.1, 0.15) is 0 Å². The average molecular weight is 355 g/mol. The molecule has 0 atom stereocenters. The fourth-order valence-corrected chi connectivity index (χ4v) is 4.01. The maximum Gasteiger partial charge on any atom is 0.0998 e. The fourth-order valence-electron chi connectivity index (χ4n) is 4.01. The van der Waals surface area contributed by atoms with Gasteiger partial charge in [-0.05, 0) is 30.5 Å². The van der Waals surface area contributed by atoms with Crippen molar-refractivity contribution >= 4 is 16.5 Å². The Morgan fingerprint density at radius 1 is 0.741 bits per heavy atom. The number of rotatable bonds is 3. The molecule has 0 amide bonds. The molecule has 1 saturated heterocycles. The molecular formula is C24H25N3. The normalized spacial score (nSPS) is 15.9. The van der Waals surface area contributed by atoms with Crippen molar-refractivity contribution in [1.82, 2.24) is 5.01 Å². The highest BCUT2D eigenvalue weighted by Crippen LogP contribution is 2.32. The van der Waals surface area contributed by atoms with Crippen molar-refractivity contribution in [3.8, 4) is 6.07 Å². The lowest BCUT2D eigenvalue weighted by molar-refractivity contribution is 0.222. The number of hydrazine groups is 1. The molecule has 1 heterocycles. The summed E-state index contributed by atoms with van der Waals surface area (Å²) >= 11 is 0. The number of anilines is 1. The maximum absolute atomic E-state index is 9.49. The quantitative estimate of drug-likeness (QED) is 0.620. The van der Waals surface area contributed by atoms with Gasteiger partial charge in [0.15, 0.2) is 0 Å². The van der Waals surface area contributed by atoms with E-state index in [0.29, 0.717) is 0 Å². The maximum atomic E-state index is 9.49. The van der Waals surface area contributed by atoms with Crippen LogP contribution in [0.1, 0.15) is 36.8 Å². The summed E-state index contributed by atoms with van der Waals surface area (Å²) in [5.74, 6) is 0. The third-order valence-corrected chi connectivity index (χ3v) is 5.39. The van der Waals surface area contributed by atoms with Gasteiger partial charge in [0.2, 0.25) is 0 Å². The van der Waals surface area contributed by atoms with Gasteiger partial charge >= 0.3 is 0 Å². The predicted molar refractivity (Wildman–Crippen MR) is 111 cm³/mol. The summed E-state index contributed by atoms with van der Waals surface area (Å²) in [5.41, 5.74) is 3.29. The first-order valence-electron chi connectivity index (χ1n) is 9.85. The highest BCUT2D eigenvalue weighted by Gasteiger charge is 2.20. The monoisotopic (exact) mass is 355 g/mol. The van der Waals surface area contributed by atoms with Crippen LogP contribution in [0.3, 0.4) is 0 Å². The average Bonchev–Trinajstić information content (AvgIpc) is 2.71. The third kappa shape index (κ3) is 3.82. The van der Waals surface area contributed by atoms with Crippen molar-refractivity contribution in [2.24, 2.45) is 0 Å². The molecule has 0 aliphatic carbocycles. The van der Waals surface area contributed by atoms with Gasteiger partial charge < -0.3 is 5.01 Å². The second kappa shape index (κ2) is 8.24. The standard InChI is InChI=1S/C24H25N3/c25-18-21-14-15-24(23-13-7-6-12-22(21)23)27-17-9-2-1-8-16-26(27)19-20-10-4-3-5-11-20/h3-7,10-15H,1-2,8-9,16-17,19H2. The Hall–Kier alpha value is -2.83. The molecule has 27 heavy (non-hydrogen) atoms. The van der Waals surface area contributed by atoms with Gasteiger partial charge in [0.25, 0.3) is 0 Å². The first kappa shape index (κ1) is 17.6. The summed E-state index contributed by atoms with van der Waals surface area (Å²) in [6.45, 7) is 2.99. The Morgan fingerprint density at radius 2 is 1.44 bits per heavy atom. The molecule has 0 spiro atoms. The Balaban J connectivity index is 1.76. The Bertz CT molecular complexity index is 943. The predicted octanol–water partition coefficient (Wildman–Crippen LogP) is 5.51. The van der Waals surface area contributed by atoms with Crippen LogP contribution in [0.25, 0.3) is 10.8 Å². The van der Waals surface area contributed by atoms with E-state index in [4.69, 9.17) is 0 Å². The van der Waals surface area contributed by atoms with Crippen LogP contribution in [-0.2, 0) is 6.54 Å². The van der Waals surface area contributed by atoms with Gasteiger partial charge in [0.05, 0.1) is 17.3 Å². The molecular weight excluding hydrogens is 330 g/mol. The lowest BCUT2D eigenvalue weighted by atomic mass is 10.0. The van der Waals surface area contributed by atoms with E-state index in [0.717, 1.165) is 36.0 Å². The highest BCUT2D eigenvalue weighted by molar-refractivity contribution is 5.97. The zero-order valence-corrected chi connectivity index (χ0v) is 15.6. The molecule has 1 aliphatic heterocycles. The van der Waals surface area contributed by atoms with Crippen molar-refractivity contribution in [2.75, 3.05) is 18.1 Å². The Morgan fingerprint density at radius 3 is 2.22 bits per heavy atom. The first-order chi connectivity index (χ1) is 13.4. The van der Waals surface area contributed by atoms with E-state index in [1.807, 2.05) is 12.1 Å². The van der Waals surface area contributed by atoms with Crippen LogP contribution in [0.5, 0.6) is 0 Å². The molecule has 136 valence electrons. The zero-order chi connectivity index (χ0) is 18.5. The molecule has 1 aliphatic rings. The van der Waals surface area contributed by atoms with Crippen molar-refractivity contribution < 1.29 is 0 Å². The SMILES string of the molecule is N#Cc1ccc(N2CCCCCCN2Cc2ccccc2)c2ccccc12. The van der Waals surface area contributed by atoms with E-state index < -0.39 is 0 Å². The minimum Gasteiger partial charge on any atom is -0.305 e. The van der Waals surface area contributed by atoms with Gasteiger partial charge in [-0.3, -0.25) is 0 Å². The molecule has 3 aromatic rings. The lowest BCUT2D eigenvalue weighted by Gasteiger charge is -2.39. The van der Waals surface area contributed by atoms with Crippen LogP contribution in [-0.4, -0.2) is 18.1 Å². The van der Waals surface area contributed by atoms with Gasteiger partial charge in [-0.25, -0.2) is 5.01 Å². The van der Waals surface area contributed by atoms with Crippen molar-refractivity contribution in [1.29, 1.82) is 5.26 Å². The topological polar surface area (TPSA) is 30.3 Å². The molecule has 0 saturated carbocycles. The van der Waals surface area contributed by atoms with Gasteiger partial charge in [-0.2, -0.15) is 5.26 Å². The third-order valence-electron chi connectivity index (χ3n) is 5.39. The summed E-state index contributed by atoms with van der Waals surface area (Å²) in [7, 11) is 0. The van der Waals surface area contributed by atoms with E-state index in [2.05, 4.69) is 70.7 Å². The molecule has 0 unspecified atom stereocenters. The molecule has 0 radical (unpaired) electrons. The molecule has 3 nitrogen and oxygen atoms in total. The second-order valence-electron chi connectivity index (χ2n) is 7.20. The summed E-state index contributed by atoms with van der Waals surface area (Å²) in [4.78, 5) is 0. The van der Waals surface area contributed by atoms with E-state index in [1.165, 1.54) is 36.9 Å². The number of benzene rings is 3. The molecule has 4 rings (SSSR count). The second-order valence-corrected chi connectivity index (χ2v) is 7.20. The first-order valence-corrected chi connectivity index (χ1v) is 9.85.